The van der Waals surface area contributed by atoms with Gasteiger partial charge in [0.25, 0.3) is 0 Å². The zero-order valence-corrected chi connectivity index (χ0v) is 40.9. The summed E-state index contributed by atoms with van der Waals surface area (Å²) < 4.78 is 34.3. The highest BCUT2D eigenvalue weighted by Crippen LogP contribution is 2.43. The molecule has 0 aliphatic rings. The monoisotopic (exact) mass is 885 g/mol. The minimum absolute atomic E-state index is 0.0167. The minimum Gasteiger partial charge on any atom is -0.462 e. The zero-order valence-electron chi connectivity index (χ0n) is 40.0. The summed E-state index contributed by atoms with van der Waals surface area (Å²) in [5.41, 5.74) is 0. The van der Waals surface area contributed by atoms with E-state index >= 15 is 0 Å². The molecular weight excluding hydrogens is 790 g/mol. The van der Waals surface area contributed by atoms with Gasteiger partial charge in [0, 0.05) is 12.8 Å². The van der Waals surface area contributed by atoms with E-state index in [1.54, 1.807) is 0 Å². The molecule has 10 nitrogen and oxygen atoms in total. The average molecular weight is 885 g/mol. The summed E-state index contributed by atoms with van der Waals surface area (Å²) in [5, 5.41) is 10.2. The van der Waals surface area contributed by atoms with Crippen LogP contribution >= 0.6 is 7.82 Å². The van der Waals surface area contributed by atoms with E-state index < -0.39 is 38.6 Å². The van der Waals surface area contributed by atoms with E-state index in [1.807, 2.05) is 39.4 Å². The van der Waals surface area contributed by atoms with Gasteiger partial charge in [0.15, 0.2) is 6.10 Å². The average Bonchev–Trinajstić information content (AvgIpc) is 3.21. The van der Waals surface area contributed by atoms with Gasteiger partial charge < -0.3 is 24.0 Å². The third kappa shape index (κ3) is 46.0. The lowest BCUT2D eigenvalue weighted by atomic mass is 10.0. The van der Waals surface area contributed by atoms with Crippen molar-refractivity contribution in [3.05, 3.63) is 36.5 Å². The lowest BCUT2D eigenvalue weighted by Crippen LogP contribution is -2.37. The molecule has 0 saturated carbocycles. The van der Waals surface area contributed by atoms with Crippen LogP contribution in [0, 0.1) is 0 Å². The molecule has 0 fully saturated rings. The second kappa shape index (κ2) is 42.2. The molecule has 0 aliphatic heterocycles. The topological polar surface area (TPSA) is 129 Å². The predicted octanol–water partition coefficient (Wildman–Crippen LogP) is 13.4. The molecule has 2 N–H and O–H groups in total. The summed E-state index contributed by atoms with van der Waals surface area (Å²) in [7, 11) is 1.43. The Morgan fingerprint density at radius 2 is 1.07 bits per heavy atom. The maximum Gasteiger partial charge on any atom is 0.472 e. The fourth-order valence-electron chi connectivity index (χ4n) is 6.91. The van der Waals surface area contributed by atoms with Crippen molar-refractivity contribution < 1.29 is 47.2 Å². The van der Waals surface area contributed by atoms with Gasteiger partial charge in [-0.3, -0.25) is 18.6 Å². The van der Waals surface area contributed by atoms with Crippen LogP contribution in [0.1, 0.15) is 213 Å². The van der Waals surface area contributed by atoms with Crippen molar-refractivity contribution in [2.45, 2.75) is 225 Å². The van der Waals surface area contributed by atoms with Crippen molar-refractivity contribution in [1.82, 2.24) is 0 Å². The molecule has 0 aromatic heterocycles. The third-order valence-electron chi connectivity index (χ3n) is 10.8. The van der Waals surface area contributed by atoms with E-state index in [-0.39, 0.29) is 26.1 Å². The number of ether oxygens (including phenoxy) is 2. The van der Waals surface area contributed by atoms with E-state index in [9.17, 15) is 24.2 Å². The number of aliphatic hydroxyl groups is 1. The van der Waals surface area contributed by atoms with Crippen LogP contribution in [0.15, 0.2) is 36.5 Å². The largest absolute Gasteiger partial charge is 0.472 e. The van der Waals surface area contributed by atoms with Gasteiger partial charge in [0.05, 0.1) is 33.9 Å². The Morgan fingerprint density at radius 1 is 0.590 bits per heavy atom. The standard InChI is InChI=1S/C50H94NO9P/c1-6-8-10-12-14-15-16-17-18-19-20-21-22-23-24-25-26-27-29-33-38-42-50(54)60-48(46-59-61(55,56)58-44-43-51(3,4)5)45-57-49(53)41-37-34-30-32-36-40-47(52)39-35-31-28-13-11-9-7-2/h9,11,28,31,35,39,47-48,52H,6-8,10,12-27,29-30,32-34,36-38,40-46H2,1-5H3/p+1/b11-9+,31-28+,39-35+/t47?,48-/m1/s1. The summed E-state index contributed by atoms with van der Waals surface area (Å²) in [6.45, 7) is 4.21. The minimum atomic E-state index is -4.40. The zero-order chi connectivity index (χ0) is 45.1. The fraction of sp³-hybridized carbons (Fsp3) is 0.840. The number of nitrogens with zero attached hydrogens (tertiary/aromatic N) is 1. The Balaban J connectivity index is 4.30. The highest BCUT2D eigenvalue weighted by atomic mass is 31.2. The Hall–Kier alpha value is -1.81. The molecule has 0 saturated heterocycles. The van der Waals surface area contributed by atoms with Crippen LogP contribution in [0.4, 0.5) is 0 Å². The third-order valence-corrected chi connectivity index (χ3v) is 11.8. The smallest absolute Gasteiger partial charge is 0.462 e. The van der Waals surface area contributed by atoms with Crippen molar-refractivity contribution in [2.75, 3.05) is 47.5 Å². The summed E-state index contributed by atoms with van der Waals surface area (Å²) in [4.78, 5) is 35.5. The first-order valence-corrected chi connectivity index (χ1v) is 26.3. The van der Waals surface area contributed by atoms with E-state index in [1.165, 1.54) is 109 Å². The summed E-state index contributed by atoms with van der Waals surface area (Å²) in [6, 6.07) is 0. The molecule has 0 aliphatic carbocycles. The molecule has 2 unspecified atom stereocenters. The van der Waals surface area contributed by atoms with Crippen molar-refractivity contribution in [1.29, 1.82) is 0 Å². The summed E-state index contributed by atoms with van der Waals surface area (Å²) >= 11 is 0. The van der Waals surface area contributed by atoms with Crippen molar-refractivity contribution in [3.63, 3.8) is 0 Å². The van der Waals surface area contributed by atoms with E-state index in [4.69, 9.17) is 18.5 Å². The molecule has 3 atom stereocenters. The molecule has 0 aromatic carbocycles. The van der Waals surface area contributed by atoms with Crippen LogP contribution in [0.25, 0.3) is 0 Å². The number of quaternary nitrogens is 1. The van der Waals surface area contributed by atoms with Gasteiger partial charge in [-0.15, -0.1) is 0 Å². The molecule has 0 aromatic rings. The summed E-state index contributed by atoms with van der Waals surface area (Å²) in [5.74, 6) is -0.867. The molecule has 0 radical (unpaired) electrons. The molecule has 0 heterocycles. The SMILES string of the molecule is CC/C=C/C/C=C/C=C/C(O)CCCCCCCC(=O)OC[C@H](COP(=O)(O)OCC[N+](C)(C)C)OC(=O)CCCCCCCCCCCCCCCCCCCCCCC. The van der Waals surface area contributed by atoms with Gasteiger partial charge in [-0.1, -0.05) is 204 Å². The van der Waals surface area contributed by atoms with E-state index in [0.29, 0.717) is 30.3 Å². The Kier molecular flexibility index (Phi) is 40.9. The first kappa shape index (κ1) is 59.2. The number of phosphoric acid groups is 1. The molecule has 11 heteroatoms. The number of allylic oxidation sites excluding steroid dienone is 5. The number of hydrogen-bond acceptors (Lipinski definition) is 8. The van der Waals surface area contributed by atoms with Crippen molar-refractivity contribution >= 4 is 19.8 Å². The molecular formula is C50H95NO9P+. The van der Waals surface area contributed by atoms with Gasteiger partial charge in [-0.2, -0.15) is 0 Å². The van der Waals surface area contributed by atoms with E-state index in [2.05, 4.69) is 32.1 Å². The number of hydrogen-bond donors (Lipinski definition) is 2. The highest BCUT2D eigenvalue weighted by Gasteiger charge is 2.27. The van der Waals surface area contributed by atoms with Gasteiger partial charge in [-0.25, -0.2) is 4.57 Å². The number of phosphoric ester groups is 1. The lowest BCUT2D eigenvalue weighted by molar-refractivity contribution is -0.870. The second-order valence-corrected chi connectivity index (χ2v) is 19.5. The predicted molar refractivity (Wildman–Crippen MR) is 253 cm³/mol. The number of likely N-dealkylation sites (N-methyl/N-ethyl adjacent to an activating group) is 1. The van der Waals surface area contributed by atoms with Crippen LogP contribution in [-0.2, 0) is 32.7 Å². The normalized spacial score (nSPS) is 14.3. The number of carbonyl (C=O) groups is 2. The fourth-order valence-corrected chi connectivity index (χ4v) is 7.65. The Labute approximate surface area is 374 Å². The first-order chi connectivity index (χ1) is 29.4. The molecule has 0 spiro atoms. The molecule has 0 amide bonds. The molecule has 358 valence electrons. The number of rotatable bonds is 45. The number of carbonyl (C=O) groups excluding carboxylic acids is 2. The maximum absolute atomic E-state index is 12.7. The first-order valence-electron chi connectivity index (χ1n) is 24.8. The van der Waals surface area contributed by atoms with Gasteiger partial charge >= 0.3 is 19.8 Å². The van der Waals surface area contributed by atoms with Crippen LogP contribution < -0.4 is 0 Å². The van der Waals surface area contributed by atoms with Crippen LogP contribution in [0.3, 0.4) is 0 Å². The van der Waals surface area contributed by atoms with Crippen LogP contribution in [-0.4, -0.2) is 86.1 Å². The number of aliphatic hydroxyl groups excluding tert-OH is 1. The maximum atomic E-state index is 12.7. The van der Waals surface area contributed by atoms with Gasteiger partial charge in [0.1, 0.15) is 19.8 Å². The quantitative estimate of drug-likeness (QED) is 0.0153. The summed E-state index contributed by atoms with van der Waals surface area (Å²) in [6.07, 6.45) is 45.0. The number of esters is 2. The Morgan fingerprint density at radius 3 is 1.56 bits per heavy atom. The van der Waals surface area contributed by atoms with Crippen LogP contribution in [0.5, 0.6) is 0 Å². The van der Waals surface area contributed by atoms with Gasteiger partial charge in [0.2, 0.25) is 0 Å². The van der Waals surface area contributed by atoms with E-state index in [0.717, 1.165) is 57.8 Å². The molecule has 0 rings (SSSR count). The van der Waals surface area contributed by atoms with Crippen LogP contribution in [0.2, 0.25) is 0 Å². The molecule has 61 heavy (non-hydrogen) atoms. The molecule has 0 bridgehead atoms. The van der Waals surface area contributed by atoms with Gasteiger partial charge in [-0.05, 0) is 32.1 Å². The second-order valence-electron chi connectivity index (χ2n) is 18.0. The highest BCUT2D eigenvalue weighted by molar-refractivity contribution is 7.47. The number of unbranched alkanes of at least 4 members (excludes halogenated alkanes) is 24. The van der Waals surface area contributed by atoms with Crippen molar-refractivity contribution in [2.24, 2.45) is 0 Å². The van der Waals surface area contributed by atoms with Crippen molar-refractivity contribution in [3.8, 4) is 0 Å². The Bertz CT molecular complexity index is 1150. The lowest BCUT2D eigenvalue weighted by Gasteiger charge is -2.24.